The van der Waals surface area contributed by atoms with Crippen LogP contribution >= 0.6 is 15.9 Å². The Balaban J connectivity index is 1.91. The molecule has 2 aliphatic heterocycles. The predicted octanol–water partition coefficient (Wildman–Crippen LogP) is 1.67. The molecule has 9 heteroatoms. The van der Waals surface area contributed by atoms with E-state index in [0.29, 0.717) is 10.9 Å². The number of carbonyl (C=O) groups excluding carboxylic acids is 1. The molecule has 1 amide bonds. The number of fused-ring (bicyclic) bond motifs is 1. The molecule has 0 bridgehead atoms. The maximum Gasteiger partial charge on any atom is 0.353 e. The van der Waals surface area contributed by atoms with Gasteiger partial charge in [0, 0.05) is 22.5 Å². The number of halogens is 1. The van der Waals surface area contributed by atoms with Gasteiger partial charge in [-0.05, 0) is 18.9 Å². The van der Waals surface area contributed by atoms with Crippen LogP contribution in [0.5, 0.6) is 0 Å². The van der Waals surface area contributed by atoms with Gasteiger partial charge in [-0.3, -0.25) is 14.9 Å². The van der Waals surface area contributed by atoms with Gasteiger partial charge in [0.25, 0.3) is 5.69 Å². The molecule has 132 valence electrons. The van der Waals surface area contributed by atoms with Crippen molar-refractivity contribution in [2.75, 3.05) is 0 Å². The number of rotatable bonds is 5. The number of carboxylic acid groups (broad SMARTS) is 1. The Morgan fingerprint density at radius 3 is 2.48 bits per heavy atom. The molecule has 0 radical (unpaired) electrons. The van der Waals surface area contributed by atoms with Crippen LogP contribution < -0.4 is 0 Å². The highest BCUT2D eigenvalue weighted by Gasteiger charge is 2.60. The van der Waals surface area contributed by atoms with Gasteiger partial charge in [0.1, 0.15) is 5.70 Å². The number of non-ortho nitro benzene ring substituents is 1. The lowest BCUT2D eigenvalue weighted by atomic mass is 9.76. The number of hydrogen-bond acceptors (Lipinski definition) is 5. The van der Waals surface area contributed by atoms with E-state index in [9.17, 15) is 29.9 Å². The van der Waals surface area contributed by atoms with Crippen LogP contribution in [0.4, 0.5) is 5.69 Å². The average molecular weight is 411 g/mol. The maximum absolute atomic E-state index is 12.2. The minimum absolute atomic E-state index is 0.0293. The molecule has 3 rings (SSSR count). The first-order chi connectivity index (χ1) is 11.7. The molecule has 1 fully saturated rings. The minimum Gasteiger partial charge on any atom is -0.477 e. The highest BCUT2D eigenvalue weighted by Crippen LogP contribution is 2.50. The van der Waals surface area contributed by atoms with E-state index < -0.39 is 34.9 Å². The fourth-order valence-electron chi connectivity index (χ4n) is 3.58. The predicted molar refractivity (Wildman–Crippen MR) is 89.7 cm³/mol. The zero-order valence-corrected chi connectivity index (χ0v) is 14.7. The molecular weight excluding hydrogens is 396 g/mol. The zero-order chi connectivity index (χ0) is 18.5. The Morgan fingerprint density at radius 2 is 2.00 bits per heavy atom. The standard InChI is InChI=1S/C16H15BrN2O6/c1-7(20)11-13-10(6-8-2-4-9(5-3-8)19(24)25)12(17)14(16(22)23)18(13)15(11)21/h2-5,7,10-11,13,20H,6H2,1H3,(H,22,23). The summed E-state index contributed by atoms with van der Waals surface area (Å²) in [6.45, 7) is 1.51. The summed E-state index contributed by atoms with van der Waals surface area (Å²) in [6.07, 6.45) is -0.492. The largest absolute Gasteiger partial charge is 0.477 e. The fraction of sp³-hybridized carbons (Fsp3) is 0.375. The first kappa shape index (κ1) is 17.6. The number of nitro benzene ring substituents is 1. The summed E-state index contributed by atoms with van der Waals surface area (Å²) in [4.78, 5) is 35.2. The maximum atomic E-state index is 12.2. The van der Waals surface area contributed by atoms with Crippen LogP contribution in [0.1, 0.15) is 12.5 Å². The van der Waals surface area contributed by atoms with Crippen molar-refractivity contribution in [3.8, 4) is 0 Å². The van der Waals surface area contributed by atoms with Gasteiger partial charge >= 0.3 is 5.97 Å². The van der Waals surface area contributed by atoms with E-state index in [2.05, 4.69) is 15.9 Å². The Labute approximate surface area is 151 Å². The van der Waals surface area contributed by atoms with Crippen LogP contribution in [-0.4, -0.2) is 44.1 Å². The molecule has 1 saturated heterocycles. The van der Waals surface area contributed by atoms with Crippen molar-refractivity contribution in [2.24, 2.45) is 11.8 Å². The molecule has 1 aromatic rings. The van der Waals surface area contributed by atoms with Crippen LogP contribution in [0.15, 0.2) is 34.4 Å². The Hall–Kier alpha value is -2.26. The Morgan fingerprint density at radius 1 is 1.40 bits per heavy atom. The lowest BCUT2D eigenvalue weighted by Crippen LogP contribution is -2.64. The quantitative estimate of drug-likeness (QED) is 0.432. The molecule has 0 aromatic heterocycles. The van der Waals surface area contributed by atoms with Gasteiger partial charge in [0.2, 0.25) is 5.91 Å². The molecule has 4 atom stereocenters. The highest BCUT2D eigenvalue weighted by molar-refractivity contribution is 9.11. The first-order valence-corrected chi connectivity index (χ1v) is 8.40. The summed E-state index contributed by atoms with van der Waals surface area (Å²) in [5, 5.41) is 30.0. The molecule has 2 aliphatic rings. The number of carboxylic acids is 1. The van der Waals surface area contributed by atoms with Crippen molar-refractivity contribution >= 4 is 33.5 Å². The molecule has 25 heavy (non-hydrogen) atoms. The zero-order valence-electron chi connectivity index (χ0n) is 13.1. The number of aliphatic carboxylic acids is 1. The third-order valence-electron chi connectivity index (χ3n) is 4.72. The van der Waals surface area contributed by atoms with Crippen LogP contribution in [0, 0.1) is 22.0 Å². The molecule has 1 aromatic carbocycles. The summed E-state index contributed by atoms with van der Waals surface area (Å²) < 4.78 is 0.403. The number of benzene rings is 1. The number of β-lactam (4-membered cyclic amide) rings is 1. The van der Waals surface area contributed by atoms with Crippen molar-refractivity contribution in [3.63, 3.8) is 0 Å². The first-order valence-electron chi connectivity index (χ1n) is 7.61. The number of hydrogen-bond donors (Lipinski definition) is 2. The van der Waals surface area contributed by atoms with Crippen molar-refractivity contribution in [1.29, 1.82) is 0 Å². The summed E-state index contributed by atoms with van der Waals surface area (Å²) in [6, 6.07) is 5.55. The SMILES string of the molecule is CC(O)C1C(=O)N2C(C(=O)O)=C(Br)C(Cc3ccc([N+](=O)[O-])cc3)C12. The van der Waals surface area contributed by atoms with Gasteiger partial charge in [-0.15, -0.1) is 0 Å². The Bertz CT molecular complexity index is 788. The number of nitro groups is 1. The van der Waals surface area contributed by atoms with Gasteiger partial charge in [0.05, 0.1) is 23.0 Å². The van der Waals surface area contributed by atoms with E-state index in [1.54, 1.807) is 12.1 Å². The average Bonchev–Trinajstić information content (AvgIpc) is 2.77. The topological polar surface area (TPSA) is 121 Å². The van der Waals surface area contributed by atoms with Gasteiger partial charge in [-0.2, -0.15) is 0 Å². The molecule has 0 aliphatic carbocycles. The number of aliphatic hydroxyl groups is 1. The summed E-state index contributed by atoms with van der Waals surface area (Å²) in [5.41, 5.74) is 0.653. The van der Waals surface area contributed by atoms with E-state index >= 15 is 0 Å². The summed E-state index contributed by atoms with van der Waals surface area (Å²) in [7, 11) is 0. The van der Waals surface area contributed by atoms with Gasteiger partial charge in [0.15, 0.2) is 0 Å². The van der Waals surface area contributed by atoms with Gasteiger partial charge in [-0.25, -0.2) is 4.79 Å². The molecular formula is C16H15BrN2O6. The smallest absolute Gasteiger partial charge is 0.353 e. The third-order valence-corrected chi connectivity index (χ3v) is 5.68. The van der Waals surface area contributed by atoms with E-state index in [0.717, 1.165) is 5.56 Å². The van der Waals surface area contributed by atoms with Crippen molar-refractivity contribution in [3.05, 3.63) is 50.1 Å². The number of carbonyl (C=O) groups is 2. The van der Waals surface area contributed by atoms with Crippen molar-refractivity contribution in [1.82, 2.24) is 4.90 Å². The second-order valence-corrected chi connectivity index (χ2v) is 7.06. The second-order valence-electron chi connectivity index (χ2n) is 6.20. The molecule has 8 nitrogen and oxygen atoms in total. The number of amides is 1. The molecule has 0 spiro atoms. The summed E-state index contributed by atoms with van der Waals surface area (Å²) >= 11 is 3.31. The number of nitrogens with zero attached hydrogens (tertiary/aromatic N) is 2. The van der Waals surface area contributed by atoms with Crippen molar-refractivity contribution in [2.45, 2.75) is 25.5 Å². The molecule has 4 unspecified atom stereocenters. The van der Waals surface area contributed by atoms with Crippen molar-refractivity contribution < 1.29 is 24.7 Å². The van der Waals surface area contributed by atoms with E-state index in [1.165, 1.54) is 24.0 Å². The van der Waals surface area contributed by atoms with Crippen LogP contribution in [0.25, 0.3) is 0 Å². The van der Waals surface area contributed by atoms with Crippen LogP contribution in [-0.2, 0) is 16.0 Å². The van der Waals surface area contributed by atoms with Crippen LogP contribution in [0.2, 0.25) is 0 Å². The fourth-order valence-corrected chi connectivity index (χ4v) is 4.37. The van der Waals surface area contributed by atoms with E-state index in [-0.39, 0.29) is 17.3 Å². The van der Waals surface area contributed by atoms with E-state index in [4.69, 9.17) is 0 Å². The molecule has 2 N–H and O–H groups in total. The monoisotopic (exact) mass is 410 g/mol. The number of aliphatic hydroxyl groups excluding tert-OH is 1. The van der Waals surface area contributed by atoms with E-state index in [1.807, 2.05) is 0 Å². The normalized spacial score (nSPS) is 26.3. The molecule has 2 heterocycles. The lowest BCUT2D eigenvalue weighted by molar-refractivity contribution is -0.384. The van der Waals surface area contributed by atoms with Gasteiger partial charge < -0.3 is 15.1 Å². The lowest BCUT2D eigenvalue weighted by Gasteiger charge is -2.47. The highest BCUT2D eigenvalue weighted by atomic mass is 79.9. The second kappa shape index (κ2) is 6.23. The minimum atomic E-state index is -1.21. The third kappa shape index (κ3) is 2.73. The van der Waals surface area contributed by atoms with Gasteiger partial charge in [-0.1, -0.05) is 28.1 Å². The molecule has 0 saturated carbocycles. The van der Waals surface area contributed by atoms with Crippen LogP contribution in [0.3, 0.4) is 0 Å². The summed E-state index contributed by atoms with van der Waals surface area (Å²) in [5.74, 6) is -2.60. The Kier molecular flexibility index (Phi) is 4.38.